The summed E-state index contributed by atoms with van der Waals surface area (Å²) in [6.45, 7) is 2.74. The van der Waals surface area contributed by atoms with Gasteiger partial charge in [-0.2, -0.15) is 0 Å². The van der Waals surface area contributed by atoms with Crippen molar-refractivity contribution in [3.63, 3.8) is 0 Å². The van der Waals surface area contributed by atoms with Crippen LogP contribution in [0.5, 0.6) is 0 Å². The summed E-state index contributed by atoms with van der Waals surface area (Å²) in [4.78, 5) is 21.1. The molecule has 1 aromatic heterocycles. The second-order valence-corrected chi connectivity index (χ2v) is 7.19. The maximum atomic E-state index is 13.1. The van der Waals surface area contributed by atoms with Crippen LogP contribution in [0.25, 0.3) is 0 Å². The molecule has 0 atom stereocenters. The van der Waals surface area contributed by atoms with Crippen LogP contribution in [0.3, 0.4) is 0 Å². The minimum atomic E-state index is -0.237. The fourth-order valence-electron chi connectivity index (χ4n) is 3.14. The lowest BCUT2D eigenvalue weighted by Gasteiger charge is -2.36. The van der Waals surface area contributed by atoms with Gasteiger partial charge in [0.15, 0.2) is 5.13 Å². The summed E-state index contributed by atoms with van der Waals surface area (Å²) in [7, 11) is 0. The molecule has 4 rings (SSSR count). The molecule has 1 aliphatic rings. The van der Waals surface area contributed by atoms with E-state index in [1.807, 2.05) is 34.5 Å². The molecular weight excluding hydrogens is 363 g/mol. The summed E-state index contributed by atoms with van der Waals surface area (Å²) < 4.78 is 13.1. The molecule has 0 saturated carbocycles. The number of amides is 1. The quantitative estimate of drug-likeness (QED) is 0.741. The molecule has 138 valence electrons. The number of hydrogen-bond acceptors (Lipinski definition) is 5. The number of thiazole rings is 1. The van der Waals surface area contributed by atoms with Gasteiger partial charge in [-0.3, -0.25) is 4.79 Å². The SMILES string of the molecule is O=C(c1cccc(Nc2nccs2)c1)N1CCN(c2ccc(F)cc2)CC1. The van der Waals surface area contributed by atoms with Gasteiger partial charge in [0.2, 0.25) is 0 Å². The van der Waals surface area contributed by atoms with Gasteiger partial charge in [0.1, 0.15) is 5.82 Å². The highest BCUT2D eigenvalue weighted by Crippen LogP contribution is 2.21. The van der Waals surface area contributed by atoms with Gasteiger partial charge in [-0.1, -0.05) is 6.07 Å². The van der Waals surface area contributed by atoms with Gasteiger partial charge in [-0.25, -0.2) is 9.37 Å². The Morgan fingerprint density at radius 3 is 2.56 bits per heavy atom. The lowest BCUT2D eigenvalue weighted by molar-refractivity contribution is 0.0747. The van der Waals surface area contributed by atoms with Crippen LogP contribution in [0.1, 0.15) is 10.4 Å². The monoisotopic (exact) mass is 382 g/mol. The molecule has 7 heteroatoms. The molecule has 1 aliphatic heterocycles. The van der Waals surface area contributed by atoms with Crippen LogP contribution in [0, 0.1) is 5.82 Å². The molecule has 0 radical (unpaired) electrons. The van der Waals surface area contributed by atoms with Crippen molar-refractivity contribution in [2.45, 2.75) is 0 Å². The summed E-state index contributed by atoms with van der Waals surface area (Å²) in [6.07, 6.45) is 1.74. The van der Waals surface area contributed by atoms with Crippen LogP contribution < -0.4 is 10.2 Å². The molecule has 1 amide bonds. The van der Waals surface area contributed by atoms with Gasteiger partial charge in [-0.05, 0) is 42.5 Å². The van der Waals surface area contributed by atoms with Crippen molar-refractivity contribution >= 4 is 33.8 Å². The van der Waals surface area contributed by atoms with Crippen molar-refractivity contribution in [3.05, 3.63) is 71.5 Å². The largest absolute Gasteiger partial charge is 0.368 e. The third-order valence-corrected chi connectivity index (χ3v) is 5.24. The van der Waals surface area contributed by atoms with Crippen molar-refractivity contribution in [1.82, 2.24) is 9.88 Å². The van der Waals surface area contributed by atoms with Gasteiger partial charge in [0.05, 0.1) is 0 Å². The molecule has 0 unspecified atom stereocenters. The number of rotatable bonds is 4. The standard InChI is InChI=1S/C20H19FN4OS/c21-16-4-6-18(7-5-16)24-9-11-25(12-10-24)19(26)15-2-1-3-17(14-15)23-20-22-8-13-27-20/h1-8,13-14H,9-12H2,(H,22,23). The van der Waals surface area contributed by atoms with Gasteiger partial charge < -0.3 is 15.1 Å². The minimum Gasteiger partial charge on any atom is -0.368 e. The predicted octanol–water partition coefficient (Wildman–Crippen LogP) is 3.99. The molecule has 2 heterocycles. The number of benzene rings is 2. The molecule has 5 nitrogen and oxygen atoms in total. The molecule has 2 aromatic carbocycles. The van der Waals surface area contributed by atoms with E-state index in [0.717, 1.165) is 29.6 Å². The van der Waals surface area contributed by atoms with E-state index in [-0.39, 0.29) is 11.7 Å². The molecule has 1 N–H and O–H groups in total. The number of halogens is 1. The Balaban J connectivity index is 1.40. The number of piperazine rings is 1. The Bertz CT molecular complexity index is 906. The van der Waals surface area contributed by atoms with E-state index in [0.29, 0.717) is 18.7 Å². The molecule has 0 aliphatic carbocycles. The highest BCUT2D eigenvalue weighted by molar-refractivity contribution is 7.13. The fraction of sp³-hybridized carbons (Fsp3) is 0.200. The molecular formula is C20H19FN4OS. The lowest BCUT2D eigenvalue weighted by Crippen LogP contribution is -2.48. The van der Waals surface area contributed by atoms with E-state index in [1.54, 1.807) is 18.3 Å². The molecule has 1 saturated heterocycles. The topological polar surface area (TPSA) is 48.5 Å². The first kappa shape index (κ1) is 17.5. The Morgan fingerprint density at radius 2 is 1.85 bits per heavy atom. The van der Waals surface area contributed by atoms with Crippen LogP contribution >= 0.6 is 11.3 Å². The highest BCUT2D eigenvalue weighted by atomic mass is 32.1. The van der Waals surface area contributed by atoms with Crippen molar-refractivity contribution in [2.75, 3.05) is 36.4 Å². The Hall–Kier alpha value is -2.93. The van der Waals surface area contributed by atoms with Crippen molar-refractivity contribution in [2.24, 2.45) is 0 Å². The number of nitrogens with one attached hydrogen (secondary N) is 1. The third-order valence-electron chi connectivity index (χ3n) is 4.55. The number of carbonyl (C=O) groups is 1. The van der Waals surface area contributed by atoms with Crippen LogP contribution in [0.4, 0.5) is 20.9 Å². The molecule has 0 bridgehead atoms. The molecule has 1 fully saturated rings. The first-order chi connectivity index (χ1) is 13.2. The summed E-state index contributed by atoms with van der Waals surface area (Å²) in [5.74, 6) is -0.213. The molecule has 3 aromatic rings. The van der Waals surface area contributed by atoms with Gasteiger partial charge >= 0.3 is 0 Å². The normalized spacial score (nSPS) is 14.3. The van der Waals surface area contributed by atoms with Crippen LogP contribution in [-0.4, -0.2) is 42.0 Å². The van der Waals surface area contributed by atoms with E-state index in [4.69, 9.17) is 0 Å². The van der Waals surface area contributed by atoms with E-state index >= 15 is 0 Å². The zero-order valence-electron chi connectivity index (χ0n) is 14.6. The lowest BCUT2D eigenvalue weighted by atomic mass is 10.1. The zero-order chi connectivity index (χ0) is 18.6. The average Bonchev–Trinajstić information content (AvgIpc) is 3.21. The maximum Gasteiger partial charge on any atom is 0.254 e. The van der Waals surface area contributed by atoms with E-state index < -0.39 is 0 Å². The minimum absolute atomic E-state index is 0.0246. The van der Waals surface area contributed by atoms with Crippen molar-refractivity contribution in [1.29, 1.82) is 0 Å². The zero-order valence-corrected chi connectivity index (χ0v) is 15.5. The van der Waals surface area contributed by atoms with Gasteiger partial charge in [0, 0.05) is 54.7 Å². The summed E-state index contributed by atoms with van der Waals surface area (Å²) in [5.41, 5.74) is 2.49. The first-order valence-corrected chi connectivity index (χ1v) is 9.63. The number of anilines is 3. The molecule has 27 heavy (non-hydrogen) atoms. The maximum absolute atomic E-state index is 13.1. The van der Waals surface area contributed by atoms with Crippen LogP contribution in [0.15, 0.2) is 60.1 Å². The third kappa shape index (κ3) is 4.09. The van der Waals surface area contributed by atoms with E-state index in [1.165, 1.54) is 23.5 Å². The van der Waals surface area contributed by atoms with E-state index in [2.05, 4.69) is 15.2 Å². The Kier molecular flexibility index (Phi) is 5.02. The fourth-order valence-corrected chi connectivity index (χ4v) is 3.69. The summed E-state index contributed by atoms with van der Waals surface area (Å²) in [6, 6.07) is 14.0. The van der Waals surface area contributed by atoms with Crippen molar-refractivity contribution in [3.8, 4) is 0 Å². The second-order valence-electron chi connectivity index (χ2n) is 6.30. The van der Waals surface area contributed by atoms with Gasteiger partial charge in [0.25, 0.3) is 5.91 Å². The number of aromatic nitrogens is 1. The summed E-state index contributed by atoms with van der Waals surface area (Å²) in [5, 5.41) is 5.91. The first-order valence-electron chi connectivity index (χ1n) is 8.75. The Labute approximate surface area is 161 Å². The number of nitrogens with zero attached hydrogens (tertiary/aromatic N) is 3. The second kappa shape index (κ2) is 7.75. The Morgan fingerprint density at radius 1 is 1.07 bits per heavy atom. The van der Waals surface area contributed by atoms with E-state index in [9.17, 15) is 9.18 Å². The average molecular weight is 382 g/mol. The summed E-state index contributed by atoms with van der Waals surface area (Å²) >= 11 is 1.51. The number of hydrogen-bond donors (Lipinski definition) is 1. The smallest absolute Gasteiger partial charge is 0.254 e. The van der Waals surface area contributed by atoms with Crippen LogP contribution in [0.2, 0.25) is 0 Å². The highest BCUT2D eigenvalue weighted by Gasteiger charge is 2.22. The van der Waals surface area contributed by atoms with Crippen LogP contribution in [-0.2, 0) is 0 Å². The van der Waals surface area contributed by atoms with Crippen molar-refractivity contribution < 1.29 is 9.18 Å². The molecule has 0 spiro atoms. The number of carbonyl (C=O) groups excluding carboxylic acids is 1. The predicted molar refractivity (Wildman–Crippen MR) is 106 cm³/mol. The van der Waals surface area contributed by atoms with Gasteiger partial charge in [-0.15, -0.1) is 11.3 Å².